The summed E-state index contributed by atoms with van der Waals surface area (Å²) in [6.07, 6.45) is 1.05. The third kappa shape index (κ3) is 5.33. The van der Waals surface area contributed by atoms with Crippen molar-refractivity contribution in [2.45, 2.75) is 32.7 Å². The number of amides is 2. The summed E-state index contributed by atoms with van der Waals surface area (Å²) in [5, 5.41) is 15.1. The third-order valence-corrected chi connectivity index (χ3v) is 3.11. The average molecular weight is 294 g/mol. The number of methoxy groups -OCH3 is 1. The molecule has 0 heterocycles. The molecule has 6 heteroatoms. The molecule has 0 saturated heterocycles. The van der Waals surface area contributed by atoms with Gasteiger partial charge in [0.1, 0.15) is 11.5 Å². The van der Waals surface area contributed by atoms with Crippen LogP contribution in [0.5, 0.6) is 11.5 Å². The third-order valence-electron chi connectivity index (χ3n) is 3.11. The molecule has 0 aromatic heterocycles. The number of hydrogen-bond acceptors (Lipinski definition) is 4. The van der Waals surface area contributed by atoms with Crippen LogP contribution in [-0.2, 0) is 4.79 Å². The van der Waals surface area contributed by atoms with E-state index in [0.29, 0.717) is 5.75 Å². The summed E-state index contributed by atoms with van der Waals surface area (Å²) >= 11 is 0. The maximum atomic E-state index is 11.9. The molecule has 0 bridgehead atoms. The number of carbonyl (C=O) groups excluding carboxylic acids is 2. The van der Waals surface area contributed by atoms with Gasteiger partial charge in [-0.1, -0.05) is 6.92 Å². The topological polar surface area (TPSA) is 87.7 Å². The molecule has 0 radical (unpaired) electrons. The first-order valence-corrected chi connectivity index (χ1v) is 6.92. The van der Waals surface area contributed by atoms with Crippen LogP contribution in [0, 0.1) is 0 Å². The molecule has 0 fully saturated rings. The van der Waals surface area contributed by atoms with Gasteiger partial charge in [0.2, 0.25) is 5.91 Å². The van der Waals surface area contributed by atoms with Crippen molar-refractivity contribution >= 4 is 11.8 Å². The minimum atomic E-state index is -0.442. The maximum absolute atomic E-state index is 11.9. The van der Waals surface area contributed by atoms with E-state index < -0.39 is 5.91 Å². The molecule has 0 saturated carbocycles. The summed E-state index contributed by atoms with van der Waals surface area (Å²) in [5.74, 6) is -0.202. The Hall–Kier alpha value is -2.24. The van der Waals surface area contributed by atoms with Crippen molar-refractivity contribution in [2.75, 3.05) is 13.7 Å². The van der Waals surface area contributed by atoms with Crippen LogP contribution in [0.25, 0.3) is 0 Å². The lowest BCUT2D eigenvalue weighted by Crippen LogP contribution is -2.35. The van der Waals surface area contributed by atoms with Crippen molar-refractivity contribution in [3.05, 3.63) is 23.8 Å². The highest BCUT2D eigenvalue weighted by molar-refractivity contribution is 5.97. The standard InChI is InChI=1S/C15H22N2O4/c1-4-10(2)17-14(19)7-8-16-15(20)12-9-11(21-3)5-6-13(12)18/h5-6,9-10,18H,4,7-8H2,1-3H3,(H,16,20)(H,17,19). The highest BCUT2D eigenvalue weighted by atomic mass is 16.5. The van der Waals surface area contributed by atoms with Crippen molar-refractivity contribution in [1.29, 1.82) is 0 Å². The van der Waals surface area contributed by atoms with Crippen LogP contribution in [0.2, 0.25) is 0 Å². The van der Waals surface area contributed by atoms with E-state index in [9.17, 15) is 14.7 Å². The smallest absolute Gasteiger partial charge is 0.255 e. The average Bonchev–Trinajstić information content (AvgIpc) is 2.47. The molecule has 0 aliphatic rings. The molecular formula is C15H22N2O4. The second kappa shape index (κ2) is 8.14. The fourth-order valence-corrected chi connectivity index (χ4v) is 1.66. The molecule has 6 nitrogen and oxygen atoms in total. The van der Waals surface area contributed by atoms with Gasteiger partial charge in [-0.15, -0.1) is 0 Å². The van der Waals surface area contributed by atoms with Gasteiger partial charge in [0.15, 0.2) is 0 Å². The van der Waals surface area contributed by atoms with Crippen molar-refractivity contribution in [1.82, 2.24) is 10.6 Å². The van der Waals surface area contributed by atoms with Gasteiger partial charge in [0.05, 0.1) is 12.7 Å². The van der Waals surface area contributed by atoms with E-state index in [1.807, 2.05) is 13.8 Å². The molecular weight excluding hydrogens is 272 g/mol. The Kier molecular flexibility index (Phi) is 6.52. The Labute approximate surface area is 124 Å². The van der Waals surface area contributed by atoms with E-state index in [4.69, 9.17) is 4.74 Å². The highest BCUT2D eigenvalue weighted by Gasteiger charge is 2.13. The predicted octanol–water partition coefficient (Wildman–Crippen LogP) is 1.44. The monoisotopic (exact) mass is 294 g/mol. The Balaban J connectivity index is 2.49. The maximum Gasteiger partial charge on any atom is 0.255 e. The second-order valence-corrected chi connectivity index (χ2v) is 4.77. The lowest BCUT2D eigenvalue weighted by Gasteiger charge is -2.12. The minimum Gasteiger partial charge on any atom is -0.507 e. The summed E-state index contributed by atoms with van der Waals surface area (Å²) < 4.78 is 5.00. The van der Waals surface area contributed by atoms with Gasteiger partial charge in [-0.2, -0.15) is 0 Å². The van der Waals surface area contributed by atoms with Crippen LogP contribution in [0.15, 0.2) is 18.2 Å². The van der Waals surface area contributed by atoms with E-state index in [-0.39, 0.29) is 36.2 Å². The van der Waals surface area contributed by atoms with Crippen molar-refractivity contribution in [3.63, 3.8) is 0 Å². The molecule has 1 aromatic carbocycles. The van der Waals surface area contributed by atoms with E-state index in [2.05, 4.69) is 10.6 Å². The number of carbonyl (C=O) groups is 2. The van der Waals surface area contributed by atoms with E-state index in [0.717, 1.165) is 6.42 Å². The van der Waals surface area contributed by atoms with E-state index in [1.165, 1.54) is 19.2 Å². The number of phenols is 1. The predicted molar refractivity (Wildman–Crippen MR) is 79.5 cm³/mol. The van der Waals surface area contributed by atoms with Crippen LogP contribution in [0.4, 0.5) is 0 Å². The number of benzene rings is 1. The molecule has 1 aromatic rings. The normalized spacial score (nSPS) is 11.6. The number of phenolic OH excluding ortho intramolecular Hbond substituents is 1. The van der Waals surface area contributed by atoms with E-state index in [1.54, 1.807) is 6.07 Å². The van der Waals surface area contributed by atoms with Gasteiger partial charge in [0.25, 0.3) is 5.91 Å². The van der Waals surface area contributed by atoms with Gasteiger partial charge < -0.3 is 20.5 Å². The Bertz CT molecular complexity index is 502. The molecule has 0 aliphatic heterocycles. The molecule has 116 valence electrons. The summed E-state index contributed by atoms with van der Waals surface area (Å²) in [6.45, 7) is 4.11. The number of aromatic hydroxyl groups is 1. The first kappa shape index (κ1) is 16.8. The van der Waals surface area contributed by atoms with Crippen LogP contribution in [0.1, 0.15) is 37.0 Å². The Morgan fingerprint density at radius 1 is 1.38 bits per heavy atom. The molecule has 0 spiro atoms. The van der Waals surface area contributed by atoms with Crippen LogP contribution < -0.4 is 15.4 Å². The molecule has 1 unspecified atom stereocenters. The summed E-state index contributed by atoms with van der Waals surface area (Å²) in [4.78, 5) is 23.5. The fraction of sp³-hybridized carbons (Fsp3) is 0.467. The van der Waals surface area contributed by atoms with Crippen LogP contribution >= 0.6 is 0 Å². The number of ether oxygens (including phenoxy) is 1. The molecule has 1 atom stereocenters. The zero-order chi connectivity index (χ0) is 15.8. The van der Waals surface area contributed by atoms with Gasteiger partial charge in [-0.3, -0.25) is 9.59 Å². The van der Waals surface area contributed by atoms with E-state index >= 15 is 0 Å². The van der Waals surface area contributed by atoms with Gasteiger partial charge in [0, 0.05) is 19.0 Å². The molecule has 2 amide bonds. The quantitative estimate of drug-likeness (QED) is 0.710. The fourth-order valence-electron chi connectivity index (χ4n) is 1.66. The van der Waals surface area contributed by atoms with Crippen molar-refractivity contribution < 1.29 is 19.4 Å². The van der Waals surface area contributed by atoms with Gasteiger partial charge >= 0.3 is 0 Å². The SMILES string of the molecule is CCC(C)NC(=O)CCNC(=O)c1cc(OC)ccc1O. The number of nitrogens with one attached hydrogen (secondary N) is 2. The summed E-state index contributed by atoms with van der Waals surface area (Å²) in [5.41, 5.74) is 0.122. The van der Waals surface area contributed by atoms with Crippen molar-refractivity contribution in [2.24, 2.45) is 0 Å². The molecule has 21 heavy (non-hydrogen) atoms. The minimum absolute atomic E-state index is 0.112. The first-order chi connectivity index (χ1) is 9.97. The van der Waals surface area contributed by atoms with Crippen LogP contribution in [0.3, 0.4) is 0 Å². The Morgan fingerprint density at radius 2 is 2.10 bits per heavy atom. The first-order valence-electron chi connectivity index (χ1n) is 6.92. The lowest BCUT2D eigenvalue weighted by atomic mass is 10.1. The summed E-state index contributed by atoms with van der Waals surface area (Å²) in [6, 6.07) is 4.52. The molecule has 1 rings (SSSR count). The zero-order valence-corrected chi connectivity index (χ0v) is 12.6. The largest absolute Gasteiger partial charge is 0.507 e. The Morgan fingerprint density at radius 3 is 2.71 bits per heavy atom. The van der Waals surface area contributed by atoms with Gasteiger partial charge in [-0.05, 0) is 31.5 Å². The molecule has 0 aliphatic carbocycles. The number of hydrogen-bond donors (Lipinski definition) is 3. The van der Waals surface area contributed by atoms with Crippen LogP contribution in [-0.4, -0.2) is 36.6 Å². The number of rotatable bonds is 7. The zero-order valence-electron chi connectivity index (χ0n) is 12.6. The molecule has 3 N–H and O–H groups in total. The van der Waals surface area contributed by atoms with Gasteiger partial charge in [-0.25, -0.2) is 0 Å². The van der Waals surface area contributed by atoms with Crippen molar-refractivity contribution in [3.8, 4) is 11.5 Å². The lowest BCUT2D eigenvalue weighted by molar-refractivity contribution is -0.121. The summed E-state index contributed by atoms with van der Waals surface area (Å²) in [7, 11) is 1.48. The second-order valence-electron chi connectivity index (χ2n) is 4.77. The highest BCUT2D eigenvalue weighted by Crippen LogP contribution is 2.22.